The van der Waals surface area contributed by atoms with E-state index in [1.54, 1.807) is 6.92 Å². The van der Waals surface area contributed by atoms with Crippen LogP contribution in [0.2, 0.25) is 0 Å². The van der Waals surface area contributed by atoms with Crippen LogP contribution in [0.3, 0.4) is 0 Å². The Morgan fingerprint density at radius 1 is 1.24 bits per heavy atom. The van der Waals surface area contributed by atoms with E-state index >= 15 is 0 Å². The smallest absolute Gasteiger partial charge is 0.261 e. The lowest BCUT2D eigenvalue weighted by atomic mass is 10.0. The number of nitrogens with one attached hydrogen (secondary N) is 1. The molecule has 1 amide bonds. The van der Waals surface area contributed by atoms with Crippen molar-refractivity contribution in [1.29, 1.82) is 0 Å². The first kappa shape index (κ1) is 17.4. The van der Waals surface area contributed by atoms with Crippen molar-refractivity contribution in [2.24, 2.45) is 0 Å². The number of benzene rings is 2. The third kappa shape index (κ3) is 4.14. The van der Waals surface area contributed by atoms with Gasteiger partial charge < -0.3 is 15.2 Å². The van der Waals surface area contributed by atoms with Crippen LogP contribution in [0.4, 0.5) is 8.78 Å². The molecule has 0 fully saturated rings. The molecule has 3 unspecified atom stereocenters. The second-order valence-electron chi connectivity index (χ2n) is 6.28. The molecule has 2 aromatic rings. The third-order valence-corrected chi connectivity index (χ3v) is 4.21. The third-order valence-electron chi connectivity index (χ3n) is 4.21. The Morgan fingerprint density at radius 3 is 2.64 bits per heavy atom. The fourth-order valence-electron chi connectivity index (χ4n) is 2.91. The molecule has 2 aromatic carbocycles. The number of aliphatic hydroxyl groups excluding tert-OH is 1. The first-order chi connectivity index (χ1) is 11.9. The highest BCUT2D eigenvalue weighted by molar-refractivity contribution is 5.82. The summed E-state index contributed by atoms with van der Waals surface area (Å²) in [6.45, 7) is 1.77. The molecule has 6 heteroatoms. The van der Waals surface area contributed by atoms with Crippen molar-refractivity contribution >= 4 is 5.91 Å². The zero-order valence-electron chi connectivity index (χ0n) is 13.7. The average Bonchev–Trinajstić information content (AvgIpc) is 2.98. The van der Waals surface area contributed by atoms with Gasteiger partial charge in [-0.05, 0) is 49.2 Å². The van der Waals surface area contributed by atoms with Crippen molar-refractivity contribution in [3.05, 3.63) is 65.2 Å². The Hall–Kier alpha value is -2.47. The Morgan fingerprint density at radius 2 is 1.92 bits per heavy atom. The van der Waals surface area contributed by atoms with Crippen LogP contribution in [0.15, 0.2) is 42.5 Å². The summed E-state index contributed by atoms with van der Waals surface area (Å²) in [5.41, 5.74) is 1.25. The first-order valence-electron chi connectivity index (χ1n) is 8.11. The van der Waals surface area contributed by atoms with Gasteiger partial charge in [0.25, 0.3) is 5.91 Å². The molecule has 0 saturated carbocycles. The summed E-state index contributed by atoms with van der Waals surface area (Å²) in [5.74, 6) is -0.526. The van der Waals surface area contributed by atoms with Crippen LogP contribution in [-0.4, -0.2) is 23.2 Å². The van der Waals surface area contributed by atoms with Crippen LogP contribution in [0.25, 0.3) is 0 Å². The van der Waals surface area contributed by atoms with Crippen LogP contribution >= 0.6 is 0 Å². The van der Waals surface area contributed by atoms with E-state index in [2.05, 4.69) is 5.32 Å². The van der Waals surface area contributed by atoms with Crippen molar-refractivity contribution in [3.63, 3.8) is 0 Å². The average molecular weight is 347 g/mol. The minimum absolute atomic E-state index is 0.283. The van der Waals surface area contributed by atoms with Crippen LogP contribution in [0.1, 0.15) is 30.6 Å². The standard InChI is InChI=1S/C19H19F2NO3/c1-11(8-16(23)12-2-4-14(20)5-3-12)22-19(24)18-10-13-9-15(21)6-7-17(13)25-18/h2-7,9,11,16,18,23H,8,10H2,1H3,(H,22,24). The van der Waals surface area contributed by atoms with Gasteiger partial charge >= 0.3 is 0 Å². The van der Waals surface area contributed by atoms with Crippen LogP contribution in [0.5, 0.6) is 5.75 Å². The maximum Gasteiger partial charge on any atom is 0.261 e. The highest BCUT2D eigenvalue weighted by Gasteiger charge is 2.30. The van der Waals surface area contributed by atoms with Gasteiger partial charge in [0.2, 0.25) is 0 Å². The SMILES string of the molecule is CC(CC(O)c1ccc(F)cc1)NC(=O)C1Cc2cc(F)ccc2O1. The molecule has 0 aliphatic carbocycles. The Balaban J connectivity index is 1.54. The lowest BCUT2D eigenvalue weighted by Gasteiger charge is -2.20. The van der Waals surface area contributed by atoms with Gasteiger partial charge in [-0.25, -0.2) is 8.78 Å². The molecule has 0 saturated heterocycles. The highest BCUT2D eigenvalue weighted by Crippen LogP contribution is 2.29. The largest absolute Gasteiger partial charge is 0.480 e. The summed E-state index contributed by atoms with van der Waals surface area (Å²) < 4.78 is 31.7. The number of ether oxygens (including phenoxy) is 1. The van der Waals surface area contributed by atoms with Crippen molar-refractivity contribution in [2.75, 3.05) is 0 Å². The second kappa shape index (κ2) is 7.19. The van der Waals surface area contributed by atoms with Crippen LogP contribution < -0.4 is 10.1 Å². The van der Waals surface area contributed by atoms with Gasteiger partial charge in [0.15, 0.2) is 6.10 Å². The number of hydrogen-bond acceptors (Lipinski definition) is 3. The van der Waals surface area contributed by atoms with Gasteiger partial charge in [-0.1, -0.05) is 12.1 Å². The van der Waals surface area contributed by atoms with E-state index in [4.69, 9.17) is 4.74 Å². The summed E-state index contributed by atoms with van der Waals surface area (Å²) in [5, 5.41) is 13.0. The normalized spacial score (nSPS) is 18.2. The lowest BCUT2D eigenvalue weighted by Crippen LogP contribution is -2.42. The molecule has 132 valence electrons. The zero-order chi connectivity index (χ0) is 18.0. The van der Waals surface area contributed by atoms with Gasteiger partial charge in [-0.15, -0.1) is 0 Å². The van der Waals surface area contributed by atoms with E-state index in [1.807, 2.05) is 0 Å². The predicted octanol–water partition coefficient (Wildman–Crippen LogP) is 2.90. The van der Waals surface area contributed by atoms with Crippen LogP contribution in [0, 0.1) is 11.6 Å². The van der Waals surface area contributed by atoms with Gasteiger partial charge in [0.1, 0.15) is 17.4 Å². The molecule has 25 heavy (non-hydrogen) atoms. The van der Waals surface area contributed by atoms with Gasteiger partial charge in [-0.2, -0.15) is 0 Å². The summed E-state index contributed by atoms with van der Waals surface area (Å²) in [7, 11) is 0. The van der Waals surface area contributed by atoms with E-state index in [-0.39, 0.29) is 30.0 Å². The monoisotopic (exact) mass is 347 g/mol. The molecular weight excluding hydrogens is 328 g/mol. The van der Waals surface area contributed by atoms with E-state index in [0.29, 0.717) is 23.3 Å². The van der Waals surface area contributed by atoms with E-state index < -0.39 is 12.2 Å². The summed E-state index contributed by atoms with van der Waals surface area (Å²) in [6.07, 6.45) is -0.924. The van der Waals surface area contributed by atoms with E-state index in [1.165, 1.54) is 42.5 Å². The number of fused-ring (bicyclic) bond motifs is 1. The van der Waals surface area contributed by atoms with Gasteiger partial charge in [0.05, 0.1) is 6.10 Å². The molecule has 3 atom stereocenters. The topological polar surface area (TPSA) is 58.6 Å². The fourth-order valence-corrected chi connectivity index (χ4v) is 2.91. The van der Waals surface area contributed by atoms with Gasteiger partial charge in [-0.3, -0.25) is 4.79 Å². The molecule has 0 bridgehead atoms. The molecule has 4 nitrogen and oxygen atoms in total. The Kier molecular flexibility index (Phi) is 4.99. The Labute approximate surface area is 144 Å². The molecule has 1 aliphatic heterocycles. The Bertz CT molecular complexity index is 764. The molecular formula is C19H19F2NO3. The van der Waals surface area contributed by atoms with Crippen molar-refractivity contribution in [1.82, 2.24) is 5.32 Å². The number of carbonyl (C=O) groups is 1. The van der Waals surface area contributed by atoms with Crippen molar-refractivity contribution in [2.45, 2.75) is 38.0 Å². The maximum atomic E-state index is 13.2. The molecule has 3 rings (SSSR count). The number of aliphatic hydroxyl groups is 1. The highest BCUT2D eigenvalue weighted by atomic mass is 19.1. The minimum Gasteiger partial charge on any atom is -0.480 e. The summed E-state index contributed by atoms with van der Waals surface area (Å²) >= 11 is 0. The van der Waals surface area contributed by atoms with Crippen molar-refractivity contribution < 1.29 is 23.4 Å². The first-order valence-corrected chi connectivity index (χ1v) is 8.11. The quantitative estimate of drug-likeness (QED) is 0.874. The molecule has 2 N–H and O–H groups in total. The van der Waals surface area contributed by atoms with Crippen molar-refractivity contribution in [3.8, 4) is 5.75 Å². The fraction of sp³-hybridized carbons (Fsp3) is 0.316. The molecule has 0 spiro atoms. The number of carbonyl (C=O) groups excluding carboxylic acids is 1. The minimum atomic E-state index is -0.813. The number of halogens is 2. The summed E-state index contributed by atoms with van der Waals surface area (Å²) in [6, 6.07) is 9.45. The predicted molar refractivity (Wildman–Crippen MR) is 88.1 cm³/mol. The van der Waals surface area contributed by atoms with E-state index in [0.717, 1.165) is 0 Å². The lowest BCUT2D eigenvalue weighted by molar-refractivity contribution is -0.128. The number of amides is 1. The maximum absolute atomic E-state index is 13.2. The second-order valence-corrected chi connectivity index (χ2v) is 6.28. The number of hydrogen-bond donors (Lipinski definition) is 2. The number of rotatable bonds is 5. The van der Waals surface area contributed by atoms with Gasteiger partial charge in [0, 0.05) is 18.0 Å². The van der Waals surface area contributed by atoms with E-state index in [9.17, 15) is 18.7 Å². The zero-order valence-corrected chi connectivity index (χ0v) is 13.7. The molecule has 0 aromatic heterocycles. The molecule has 0 radical (unpaired) electrons. The summed E-state index contributed by atoms with van der Waals surface area (Å²) in [4.78, 5) is 12.3. The molecule has 1 heterocycles. The van der Waals surface area contributed by atoms with Crippen LogP contribution in [-0.2, 0) is 11.2 Å². The molecule has 1 aliphatic rings.